The standard InChI is InChI=1S/C14H16O4/c1-10-13(15)7-8-14(18-10)17-9-11-3-5-12(16-2)6-4-11/h3-8,10,14H,9H2,1-2H3/t10-,14-/m1/s1. The van der Waals surface area contributed by atoms with Crippen molar-refractivity contribution in [2.75, 3.05) is 7.11 Å². The maximum absolute atomic E-state index is 11.2. The molecule has 0 N–H and O–H groups in total. The number of ether oxygens (including phenoxy) is 3. The number of methoxy groups -OCH3 is 1. The molecule has 1 aromatic carbocycles. The topological polar surface area (TPSA) is 44.8 Å². The molecule has 4 heteroatoms. The van der Waals surface area contributed by atoms with E-state index in [0.29, 0.717) is 6.61 Å². The van der Waals surface area contributed by atoms with Crippen LogP contribution in [-0.4, -0.2) is 25.3 Å². The predicted octanol–water partition coefficient (Wildman–Crippen LogP) is 2.08. The first kappa shape index (κ1) is 12.8. The van der Waals surface area contributed by atoms with Crippen LogP contribution in [0.1, 0.15) is 12.5 Å². The molecule has 96 valence electrons. The Labute approximate surface area is 106 Å². The lowest BCUT2D eigenvalue weighted by atomic mass is 10.2. The summed E-state index contributed by atoms with van der Waals surface area (Å²) in [7, 11) is 1.63. The number of ketones is 1. The van der Waals surface area contributed by atoms with Crippen LogP contribution in [0.2, 0.25) is 0 Å². The Kier molecular flexibility index (Phi) is 4.12. The first-order chi connectivity index (χ1) is 8.69. The third-order valence-electron chi connectivity index (χ3n) is 2.73. The number of hydrogen-bond donors (Lipinski definition) is 0. The highest BCUT2D eigenvalue weighted by molar-refractivity contribution is 5.93. The van der Waals surface area contributed by atoms with Crippen molar-refractivity contribution in [1.82, 2.24) is 0 Å². The molecule has 0 unspecified atom stereocenters. The maximum atomic E-state index is 11.2. The van der Waals surface area contributed by atoms with Gasteiger partial charge in [-0.05, 0) is 36.8 Å². The van der Waals surface area contributed by atoms with E-state index in [4.69, 9.17) is 14.2 Å². The molecule has 0 saturated heterocycles. The van der Waals surface area contributed by atoms with Crippen molar-refractivity contribution in [3.8, 4) is 5.75 Å². The summed E-state index contributed by atoms with van der Waals surface area (Å²) in [4.78, 5) is 11.2. The Morgan fingerprint density at radius 1 is 1.28 bits per heavy atom. The molecule has 0 amide bonds. The molecule has 0 aromatic heterocycles. The summed E-state index contributed by atoms with van der Waals surface area (Å²) in [6, 6.07) is 7.62. The second-order valence-corrected chi connectivity index (χ2v) is 4.07. The third-order valence-corrected chi connectivity index (χ3v) is 2.73. The zero-order valence-electron chi connectivity index (χ0n) is 10.5. The van der Waals surface area contributed by atoms with Crippen LogP contribution < -0.4 is 4.74 Å². The smallest absolute Gasteiger partial charge is 0.184 e. The van der Waals surface area contributed by atoms with Crippen molar-refractivity contribution in [2.45, 2.75) is 25.9 Å². The van der Waals surface area contributed by atoms with Crippen molar-refractivity contribution in [3.63, 3.8) is 0 Å². The Morgan fingerprint density at radius 3 is 2.61 bits per heavy atom. The van der Waals surface area contributed by atoms with Gasteiger partial charge in [-0.25, -0.2) is 0 Å². The molecule has 2 atom stereocenters. The van der Waals surface area contributed by atoms with Crippen LogP contribution in [0.15, 0.2) is 36.4 Å². The van der Waals surface area contributed by atoms with E-state index < -0.39 is 12.4 Å². The van der Waals surface area contributed by atoms with Gasteiger partial charge in [-0.3, -0.25) is 4.79 Å². The van der Waals surface area contributed by atoms with Gasteiger partial charge < -0.3 is 14.2 Å². The van der Waals surface area contributed by atoms with Crippen molar-refractivity contribution in [3.05, 3.63) is 42.0 Å². The minimum atomic E-state index is -0.459. The Hall–Kier alpha value is -1.65. The van der Waals surface area contributed by atoms with Crippen LogP contribution in [0.4, 0.5) is 0 Å². The minimum absolute atomic E-state index is 0.0284. The molecule has 1 aliphatic heterocycles. The molecule has 2 rings (SSSR count). The van der Waals surface area contributed by atoms with Gasteiger partial charge in [0, 0.05) is 0 Å². The normalized spacial score (nSPS) is 23.1. The molecule has 0 aliphatic carbocycles. The summed E-state index contributed by atoms with van der Waals surface area (Å²) < 4.78 is 16.0. The number of carbonyl (C=O) groups is 1. The lowest BCUT2D eigenvalue weighted by Crippen LogP contribution is -2.30. The molecule has 18 heavy (non-hydrogen) atoms. The fraction of sp³-hybridized carbons (Fsp3) is 0.357. The number of carbonyl (C=O) groups excluding carboxylic acids is 1. The average Bonchev–Trinajstić information content (AvgIpc) is 2.41. The lowest BCUT2D eigenvalue weighted by molar-refractivity contribution is -0.163. The summed E-state index contributed by atoms with van der Waals surface area (Å²) in [6.07, 6.45) is 2.24. The van der Waals surface area contributed by atoms with Crippen LogP contribution in [0.5, 0.6) is 5.75 Å². The van der Waals surface area contributed by atoms with Gasteiger partial charge in [-0.1, -0.05) is 12.1 Å². The van der Waals surface area contributed by atoms with E-state index in [9.17, 15) is 4.79 Å². The van der Waals surface area contributed by atoms with Crippen LogP contribution in [0.3, 0.4) is 0 Å². The Balaban J connectivity index is 1.87. The van der Waals surface area contributed by atoms with E-state index in [0.717, 1.165) is 11.3 Å². The summed E-state index contributed by atoms with van der Waals surface area (Å²) in [6.45, 7) is 2.15. The molecule has 0 spiro atoms. The van der Waals surface area contributed by atoms with E-state index in [2.05, 4.69) is 0 Å². The summed E-state index contributed by atoms with van der Waals surface area (Å²) >= 11 is 0. The maximum Gasteiger partial charge on any atom is 0.184 e. The van der Waals surface area contributed by atoms with Crippen LogP contribution in [0, 0.1) is 0 Å². The van der Waals surface area contributed by atoms with Crippen molar-refractivity contribution in [2.24, 2.45) is 0 Å². The van der Waals surface area contributed by atoms with E-state index >= 15 is 0 Å². The van der Waals surface area contributed by atoms with Gasteiger partial charge >= 0.3 is 0 Å². The number of benzene rings is 1. The molecule has 1 aliphatic rings. The van der Waals surface area contributed by atoms with Crippen molar-refractivity contribution >= 4 is 5.78 Å². The number of hydrogen-bond acceptors (Lipinski definition) is 4. The Morgan fingerprint density at radius 2 is 2.00 bits per heavy atom. The first-order valence-corrected chi connectivity index (χ1v) is 5.81. The van der Waals surface area contributed by atoms with Gasteiger partial charge in [0.15, 0.2) is 12.1 Å². The quantitative estimate of drug-likeness (QED) is 0.818. The number of rotatable bonds is 4. The molecule has 0 bridgehead atoms. The third kappa shape index (κ3) is 3.18. The molecule has 4 nitrogen and oxygen atoms in total. The largest absolute Gasteiger partial charge is 0.497 e. The summed E-state index contributed by atoms with van der Waals surface area (Å²) in [5, 5.41) is 0. The molecule has 1 aromatic rings. The minimum Gasteiger partial charge on any atom is -0.497 e. The second-order valence-electron chi connectivity index (χ2n) is 4.07. The average molecular weight is 248 g/mol. The fourth-order valence-corrected chi connectivity index (χ4v) is 1.62. The lowest BCUT2D eigenvalue weighted by Gasteiger charge is -2.22. The highest BCUT2D eigenvalue weighted by Gasteiger charge is 2.21. The van der Waals surface area contributed by atoms with Gasteiger partial charge in [-0.2, -0.15) is 0 Å². The van der Waals surface area contributed by atoms with Crippen LogP contribution >= 0.6 is 0 Å². The van der Waals surface area contributed by atoms with Gasteiger partial charge in [0.2, 0.25) is 0 Å². The van der Waals surface area contributed by atoms with Crippen LogP contribution in [0.25, 0.3) is 0 Å². The van der Waals surface area contributed by atoms with E-state index in [1.165, 1.54) is 6.08 Å². The van der Waals surface area contributed by atoms with Crippen LogP contribution in [-0.2, 0) is 20.9 Å². The van der Waals surface area contributed by atoms with Gasteiger partial charge in [-0.15, -0.1) is 0 Å². The zero-order valence-corrected chi connectivity index (χ0v) is 10.5. The molecule has 0 fully saturated rings. The van der Waals surface area contributed by atoms with Crippen molar-refractivity contribution in [1.29, 1.82) is 0 Å². The van der Waals surface area contributed by atoms with E-state index in [1.54, 1.807) is 20.1 Å². The fourth-order valence-electron chi connectivity index (χ4n) is 1.62. The second kappa shape index (κ2) is 5.80. The summed E-state index contributed by atoms with van der Waals surface area (Å²) in [5.41, 5.74) is 1.03. The summed E-state index contributed by atoms with van der Waals surface area (Å²) in [5.74, 6) is 0.783. The zero-order chi connectivity index (χ0) is 13.0. The highest BCUT2D eigenvalue weighted by atomic mass is 16.7. The molecule has 1 heterocycles. The molecular weight excluding hydrogens is 232 g/mol. The molecular formula is C14H16O4. The van der Waals surface area contributed by atoms with Gasteiger partial charge in [0.1, 0.15) is 11.9 Å². The highest BCUT2D eigenvalue weighted by Crippen LogP contribution is 2.15. The Bertz CT molecular complexity index is 436. The van der Waals surface area contributed by atoms with E-state index in [-0.39, 0.29) is 5.78 Å². The predicted molar refractivity (Wildman–Crippen MR) is 66.3 cm³/mol. The van der Waals surface area contributed by atoms with Crippen molar-refractivity contribution < 1.29 is 19.0 Å². The molecule has 0 radical (unpaired) electrons. The molecule has 0 saturated carbocycles. The SMILES string of the molecule is COc1ccc(CO[C@H]2C=CC(=O)[C@@H](C)O2)cc1. The van der Waals surface area contributed by atoms with Gasteiger partial charge in [0.25, 0.3) is 0 Å². The first-order valence-electron chi connectivity index (χ1n) is 5.81. The van der Waals surface area contributed by atoms with Gasteiger partial charge in [0.05, 0.1) is 13.7 Å². The van der Waals surface area contributed by atoms with E-state index in [1.807, 2.05) is 24.3 Å². The monoisotopic (exact) mass is 248 g/mol.